The van der Waals surface area contributed by atoms with Crippen LogP contribution in [0.2, 0.25) is 0 Å². The summed E-state index contributed by atoms with van der Waals surface area (Å²) in [5.74, 6) is 8.13. The fourth-order valence-electron chi connectivity index (χ4n) is 1.86. The van der Waals surface area contributed by atoms with Crippen molar-refractivity contribution in [1.29, 1.82) is 0 Å². The van der Waals surface area contributed by atoms with Crippen molar-refractivity contribution in [2.45, 2.75) is 26.3 Å². The van der Waals surface area contributed by atoms with Crippen LogP contribution in [0.1, 0.15) is 24.7 Å². The second-order valence-electron chi connectivity index (χ2n) is 4.51. The first-order chi connectivity index (χ1) is 10.2. The van der Waals surface area contributed by atoms with Gasteiger partial charge in [0, 0.05) is 31.3 Å². The highest BCUT2D eigenvalue weighted by Crippen LogP contribution is 2.14. The molecule has 0 aliphatic carbocycles. The van der Waals surface area contributed by atoms with Crippen molar-refractivity contribution < 1.29 is 4.74 Å². The number of aryl methyl sites for hydroxylation is 1. The zero-order valence-electron chi connectivity index (χ0n) is 12.3. The third-order valence-electron chi connectivity index (χ3n) is 2.88. The number of nitrogens with two attached hydrogens (primary N) is 1. The van der Waals surface area contributed by atoms with Crippen molar-refractivity contribution in [2.24, 2.45) is 5.84 Å². The minimum atomic E-state index is 0.591. The highest BCUT2D eigenvalue weighted by atomic mass is 16.5. The molecule has 7 heteroatoms. The summed E-state index contributed by atoms with van der Waals surface area (Å²) >= 11 is 0. The number of pyridine rings is 1. The fraction of sp³-hybridized carbons (Fsp3) is 0.357. The first-order valence-electron chi connectivity index (χ1n) is 6.82. The third-order valence-corrected chi connectivity index (χ3v) is 2.88. The molecule has 2 aromatic heterocycles. The predicted octanol–water partition coefficient (Wildman–Crippen LogP) is 1.73. The number of methoxy groups -OCH3 is 1. The van der Waals surface area contributed by atoms with Gasteiger partial charge in [-0.2, -0.15) is 0 Å². The van der Waals surface area contributed by atoms with E-state index in [-0.39, 0.29) is 0 Å². The number of rotatable bonds is 7. The van der Waals surface area contributed by atoms with Gasteiger partial charge in [-0.1, -0.05) is 6.92 Å². The SMILES string of the molecule is CCCc1nc(NN)cc(NCc2ccnc(OC)c2)n1. The third kappa shape index (κ3) is 4.28. The van der Waals surface area contributed by atoms with Crippen molar-refractivity contribution >= 4 is 11.6 Å². The lowest BCUT2D eigenvalue weighted by molar-refractivity contribution is 0.397. The monoisotopic (exact) mass is 288 g/mol. The fourth-order valence-corrected chi connectivity index (χ4v) is 1.86. The molecule has 0 fully saturated rings. The van der Waals surface area contributed by atoms with E-state index in [1.54, 1.807) is 19.4 Å². The summed E-state index contributed by atoms with van der Waals surface area (Å²) in [5.41, 5.74) is 3.62. The Morgan fingerprint density at radius 2 is 2.05 bits per heavy atom. The molecule has 4 N–H and O–H groups in total. The topological polar surface area (TPSA) is 98.0 Å². The minimum absolute atomic E-state index is 0.591. The molecule has 112 valence electrons. The molecule has 0 aromatic carbocycles. The highest BCUT2D eigenvalue weighted by molar-refractivity contribution is 5.47. The molecule has 0 spiro atoms. The van der Waals surface area contributed by atoms with Crippen LogP contribution in [0.15, 0.2) is 24.4 Å². The average molecular weight is 288 g/mol. The van der Waals surface area contributed by atoms with Gasteiger partial charge in [0.05, 0.1) is 7.11 Å². The number of hydrogen-bond acceptors (Lipinski definition) is 7. The molecule has 0 bridgehead atoms. The van der Waals surface area contributed by atoms with Crippen LogP contribution in [-0.2, 0) is 13.0 Å². The molecule has 0 aliphatic rings. The van der Waals surface area contributed by atoms with Gasteiger partial charge in [0.1, 0.15) is 17.5 Å². The Bertz CT molecular complexity index is 589. The summed E-state index contributed by atoms with van der Waals surface area (Å²) in [5, 5.41) is 3.26. The summed E-state index contributed by atoms with van der Waals surface area (Å²) in [7, 11) is 1.60. The molecule has 2 rings (SSSR count). The number of nitrogen functional groups attached to an aromatic ring is 1. The molecule has 0 atom stereocenters. The normalized spacial score (nSPS) is 10.2. The van der Waals surface area contributed by atoms with E-state index < -0.39 is 0 Å². The zero-order chi connectivity index (χ0) is 15.1. The largest absolute Gasteiger partial charge is 0.481 e. The van der Waals surface area contributed by atoms with Gasteiger partial charge >= 0.3 is 0 Å². The first kappa shape index (κ1) is 15.0. The Hall–Kier alpha value is -2.41. The summed E-state index contributed by atoms with van der Waals surface area (Å²) in [6.07, 6.45) is 3.51. The Morgan fingerprint density at radius 1 is 1.24 bits per heavy atom. The molecular weight excluding hydrogens is 268 g/mol. The second kappa shape index (κ2) is 7.39. The maximum atomic E-state index is 5.44. The number of hydrazine groups is 1. The van der Waals surface area contributed by atoms with Gasteiger partial charge in [-0.25, -0.2) is 20.8 Å². The van der Waals surface area contributed by atoms with Gasteiger partial charge in [-0.15, -0.1) is 0 Å². The van der Waals surface area contributed by atoms with Crippen molar-refractivity contribution in [1.82, 2.24) is 15.0 Å². The maximum Gasteiger partial charge on any atom is 0.213 e. The number of aromatic nitrogens is 3. The van der Waals surface area contributed by atoms with Gasteiger partial charge < -0.3 is 15.5 Å². The van der Waals surface area contributed by atoms with E-state index in [0.29, 0.717) is 18.2 Å². The molecule has 2 aromatic rings. The van der Waals surface area contributed by atoms with Crippen molar-refractivity contribution in [2.75, 3.05) is 17.9 Å². The lowest BCUT2D eigenvalue weighted by Gasteiger charge is -2.10. The van der Waals surface area contributed by atoms with E-state index in [1.165, 1.54) is 0 Å². The maximum absolute atomic E-state index is 5.44. The van der Waals surface area contributed by atoms with Crippen LogP contribution in [-0.4, -0.2) is 22.1 Å². The molecule has 0 radical (unpaired) electrons. The Kier molecular flexibility index (Phi) is 5.28. The highest BCUT2D eigenvalue weighted by Gasteiger charge is 2.04. The van der Waals surface area contributed by atoms with E-state index in [9.17, 15) is 0 Å². The molecular formula is C14H20N6O. The van der Waals surface area contributed by atoms with Gasteiger partial charge in [0.25, 0.3) is 0 Å². The lowest BCUT2D eigenvalue weighted by atomic mass is 10.2. The van der Waals surface area contributed by atoms with E-state index in [2.05, 4.69) is 32.6 Å². The Balaban J connectivity index is 2.09. The second-order valence-corrected chi connectivity index (χ2v) is 4.51. The van der Waals surface area contributed by atoms with Gasteiger partial charge in [0.2, 0.25) is 5.88 Å². The summed E-state index contributed by atoms with van der Waals surface area (Å²) in [4.78, 5) is 12.8. The molecule has 0 aliphatic heterocycles. The Labute approximate surface area is 123 Å². The lowest BCUT2D eigenvalue weighted by Crippen LogP contribution is -2.12. The van der Waals surface area contributed by atoms with Gasteiger partial charge in [0.15, 0.2) is 0 Å². The van der Waals surface area contributed by atoms with Crippen LogP contribution >= 0.6 is 0 Å². The summed E-state index contributed by atoms with van der Waals surface area (Å²) < 4.78 is 5.10. The molecule has 21 heavy (non-hydrogen) atoms. The van der Waals surface area contributed by atoms with E-state index in [1.807, 2.05) is 12.1 Å². The molecule has 0 saturated heterocycles. The van der Waals surface area contributed by atoms with Crippen molar-refractivity contribution in [3.63, 3.8) is 0 Å². The molecule has 7 nitrogen and oxygen atoms in total. The van der Waals surface area contributed by atoms with E-state index in [0.717, 1.165) is 30.0 Å². The average Bonchev–Trinajstić information content (AvgIpc) is 2.53. The van der Waals surface area contributed by atoms with Crippen LogP contribution in [0.5, 0.6) is 5.88 Å². The summed E-state index contributed by atoms with van der Waals surface area (Å²) in [6.45, 7) is 2.70. The zero-order valence-corrected chi connectivity index (χ0v) is 12.3. The number of nitrogens with one attached hydrogen (secondary N) is 2. The van der Waals surface area contributed by atoms with Crippen LogP contribution in [0, 0.1) is 0 Å². The van der Waals surface area contributed by atoms with E-state index >= 15 is 0 Å². The van der Waals surface area contributed by atoms with Crippen molar-refractivity contribution in [3.8, 4) is 5.88 Å². The molecule has 2 heterocycles. The van der Waals surface area contributed by atoms with Gasteiger partial charge in [-0.3, -0.25) is 0 Å². The number of ether oxygens (including phenoxy) is 1. The van der Waals surface area contributed by atoms with Gasteiger partial charge in [-0.05, 0) is 18.1 Å². The van der Waals surface area contributed by atoms with Crippen molar-refractivity contribution in [3.05, 3.63) is 35.8 Å². The standard InChI is InChI=1S/C14H20N6O/c1-3-4-11-18-12(8-13(19-11)20-15)17-9-10-5-6-16-14(7-10)21-2/h5-8H,3-4,9,15H2,1-2H3,(H2,17,18,19,20). The summed E-state index contributed by atoms with van der Waals surface area (Å²) in [6, 6.07) is 5.58. The quantitative estimate of drug-likeness (QED) is 0.527. The van der Waals surface area contributed by atoms with Crippen LogP contribution in [0.25, 0.3) is 0 Å². The predicted molar refractivity (Wildman–Crippen MR) is 82.0 cm³/mol. The first-order valence-corrected chi connectivity index (χ1v) is 6.82. The molecule has 0 saturated carbocycles. The minimum Gasteiger partial charge on any atom is -0.481 e. The smallest absolute Gasteiger partial charge is 0.213 e. The molecule has 0 unspecified atom stereocenters. The molecule has 0 amide bonds. The number of nitrogens with zero attached hydrogens (tertiary/aromatic N) is 3. The van der Waals surface area contributed by atoms with Crippen LogP contribution < -0.4 is 21.3 Å². The number of anilines is 2. The number of hydrogen-bond donors (Lipinski definition) is 3. The van der Waals surface area contributed by atoms with Crippen LogP contribution in [0.4, 0.5) is 11.6 Å². The van der Waals surface area contributed by atoms with E-state index in [4.69, 9.17) is 10.6 Å². The van der Waals surface area contributed by atoms with Crippen LogP contribution in [0.3, 0.4) is 0 Å². The Morgan fingerprint density at radius 3 is 2.76 bits per heavy atom.